The van der Waals surface area contributed by atoms with Gasteiger partial charge in [-0.2, -0.15) is 0 Å². The van der Waals surface area contributed by atoms with Crippen LogP contribution in [0.15, 0.2) is 0 Å². The van der Waals surface area contributed by atoms with Gasteiger partial charge in [0.25, 0.3) is 0 Å². The predicted octanol–water partition coefficient (Wildman–Crippen LogP) is 2.55. The van der Waals surface area contributed by atoms with Crippen molar-refractivity contribution in [1.82, 2.24) is 0 Å². The quantitative estimate of drug-likeness (QED) is 0.648. The lowest BCUT2D eigenvalue weighted by molar-refractivity contribution is -0.142. The molecule has 0 bridgehead atoms. The summed E-state index contributed by atoms with van der Waals surface area (Å²) in [6, 6.07) is 0. The highest BCUT2D eigenvalue weighted by atomic mass is 32.2. The van der Waals surface area contributed by atoms with E-state index in [0.717, 1.165) is 6.42 Å². The maximum atomic E-state index is 11.2. The van der Waals surface area contributed by atoms with Crippen LogP contribution >= 0.6 is 12.0 Å². The summed E-state index contributed by atoms with van der Waals surface area (Å²) in [6.07, 6.45) is 1.22. The average molecular weight is 204 g/mol. The first-order valence-corrected chi connectivity index (χ1v) is 5.04. The van der Waals surface area contributed by atoms with Crippen molar-refractivity contribution < 1.29 is 13.8 Å². The molecule has 0 aliphatic heterocycles. The van der Waals surface area contributed by atoms with E-state index in [9.17, 15) is 9.59 Å². The molecule has 0 heterocycles. The number of hydrogen-bond acceptors (Lipinski definition) is 4. The molecule has 0 radical (unpaired) electrons. The minimum absolute atomic E-state index is 0.0971. The molecule has 0 N–H and O–H groups in total. The minimum atomic E-state index is -0.542. The fourth-order valence-corrected chi connectivity index (χ4v) is 1.16. The zero-order valence-electron chi connectivity index (χ0n) is 8.55. The molecule has 0 aromatic heterocycles. The monoisotopic (exact) mass is 204 g/mol. The van der Waals surface area contributed by atoms with Gasteiger partial charge in [0.15, 0.2) is 0 Å². The third-order valence-electron chi connectivity index (χ3n) is 1.28. The minimum Gasteiger partial charge on any atom is -0.383 e. The first kappa shape index (κ1) is 12.5. The zero-order valence-corrected chi connectivity index (χ0v) is 9.36. The van der Waals surface area contributed by atoms with Crippen LogP contribution in [0.25, 0.3) is 0 Å². The van der Waals surface area contributed by atoms with E-state index in [-0.39, 0.29) is 11.1 Å². The molecule has 0 atom stereocenters. The molecule has 0 fully saturated rings. The van der Waals surface area contributed by atoms with Crippen molar-refractivity contribution in [2.75, 3.05) is 0 Å². The van der Waals surface area contributed by atoms with E-state index in [4.69, 9.17) is 4.18 Å². The van der Waals surface area contributed by atoms with Crippen LogP contribution in [0.4, 0.5) is 0 Å². The van der Waals surface area contributed by atoms with Gasteiger partial charge in [0.1, 0.15) is 12.0 Å². The maximum absolute atomic E-state index is 11.2. The molecular weight excluding hydrogens is 188 g/mol. The number of carbonyl (C=O) groups is 2. The van der Waals surface area contributed by atoms with Crippen LogP contribution in [0, 0.1) is 5.41 Å². The Morgan fingerprint density at radius 1 is 1.31 bits per heavy atom. The molecule has 0 rings (SSSR count). The Balaban J connectivity index is 3.77. The van der Waals surface area contributed by atoms with Gasteiger partial charge < -0.3 is 4.18 Å². The van der Waals surface area contributed by atoms with Crippen molar-refractivity contribution in [3.8, 4) is 0 Å². The van der Waals surface area contributed by atoms with Crippen molar-refractivity contribution in [3.05, 3.63) is 0 Å². The van der Waals surface area contributed by atoms with Gasteiger partial charge in [-0.05, 0) is 27.2 Å². The Morgan fingerprint density at radius 3 is 2.23 bits per heavy atom. The van der Waals surface area contributed by atoms with E-state index in [2.05, 4.69) is 0 Å². The maximum Gasteiger partial charge on any atom is 0.323 e. The molecule has 4 heteroatoms. The number of hydrogen-bond donors (Lipinski definition) is 0. The smallest absolute Gasteiger partial charge is 0.323 e. The highest BCUT2D eigenvalue weighted by Gasteiger charge is 2.24. The standard InChI is InChI=1S/C9H16O3S/c1-5-6-7(10)13-12-8(11)9(2,3)4/h5-6H2,1-4H3. The van der Waals surface area contributed by atoms with E-state index < -0.39 is 5.41 Å². The van der Waals surface area contributed by atoms with Crippen LogP contribution < -0.4 is 0 Å². The first-order valence-electron chi connectivity index (χ1n) is 4.29. The lowest BCUT2D eigenvalue weighted by atomic mass is 9.98. The Hall–Kier alpha value is -0.510. The molecule has 0 aromatic carbocycles. The molecule has 0 spiro atoms. The van der Waals surface area contributed by atoms with Gasteiger partial charge >= 0.3 is 5.97 Å². The van der Waals surface area contributed by atoms with Crippen LogP contribution in [-0.4, -0.2) is 11.1 Å². The largest absolute Gasteiger partial charge is 0.383 e. The molecule has 0 saturated carbocycles. The number of carbonyl (C=O) groups excluding carboxylic acids is 2. The van der Waals surface area contributed by atoms with E-state index in [1.165, 1.54) is 0 Å². The third kappa shape index (κ3) is 5.69. The molecule has 0 aliphatic rings. The normalized spacial score (nSPS) is 11.1. The van der Waals surface area contributed by atoms with E-state index >= 15 is 0 Å². The van der Waals surface area contributed by atoms with Gasteiger partial charge in [-0.3, -0.25) is 9.59 Å². The van der Waals surface area contributed by atoms with Crippen LogP contribution in [0.1, 0.15) is 40.5 Å². The van der Waals surface area contributed by atoms with Crippen molar-refractivity contribution in [1.29, 1.82) is 0 Å². The van der Waals surface area contributed by atoms with Crippen LogP contribution in [0.2, 0.25) is 0 Å². The second-order valence-corrected chi connectivity index (χ2v) is 4.61. The Morgan fingerprint density at radius 2 is 1.85 bits per heavy atom. The van der Waals surface area contributed by atoms with E-state index in [1.54, 1.807) is 20.8 Å². The summed E-state index contributed by atoms with van der Waals surface area (Å²) in [5.74, 6) is -0.359. The Kier molecular flexibility index (Phi) is 5.06. The van der Waals surface area contributed by atoms with Gasteiger partial charge in [-0.1, -0.05) is 6.92 Å². The molecular formula is C9H16O3S. The highest BCUT2D eigenvalue weighted by molar-refractivity contribution is 8.09. The second kappa shape index (κ2) is 5.27. The van der Waals surface area contributed by atoms with Crippen LogP contribution in [-0.2, 0) is 13.8 Å². The second-order valence-electron chi connectivity index (χ2n) is 3.83. The van der Waals surface area contributed by atoms with Gasteiger partial charge in [0.2, 0.25) is 5.12 Å². The number of rotatable bonds is 2. The SMILES string of the molecule is CCCC(=O)SOC(=O)C(C)(C)C. The van der Waals surface area contributed by atoms with Gasteiger partial charge in [-0.25, -0.2) is 0 Å². The van der Waals surface area contributed by atoms with E-state index in [1.807, 2.05) is 6.92 Å². The lowest BCUT2D eigenvalue weighted by Gasteiger charge is -2.14. The molecule has 0 aromatic rings. The summed E-state index contributed by atoms with van der Waals surface area (Å²) in [7, 11) is 0. The summed E-state index contributed by atoms with van der Waals surface area (Å²) >= 11 is 0.648. The average Bonchev–Trinajstić information content (AvgIpc) is 1.99. The molecule has 13 heavy (non-hydrogen) atoms. The molecule has 0 aliphatic carbocycles. The first-order chi connectivity index (χ1) is 5.88. The summed E-state index contributed by atoms with van der Waals surface area (Å²) in [5, 5.41) is -0.0971. The summed E-state index contributed by atoms with van der Waals surface area (Å²) in [4.78, 5) is 22.1. The highest BCUT2D eigenvalue weighted by Crippen LogP contribution is 2.20. The summed E-state index contributed by atoms with van der Waals surface area (Å²) in [5.41, 5.74) is -0.542. The van der Waals surface area contributed by atoms with Crippen molar-refractivity contribution in [3.63, 3.8) is 0 Å². The van der Waals surface area contributed by atoms with Crippen molar-refractivity contribution >= 4 is 23.1 Å². The Bertz CT molecular complexity index is 194. The molecule has 0 amide bonds. The fraction of sp³-hybridized carbons (Fsp3) is 0.778. The zero-order chi connectivity index (χ0) is 10.5. The van der Waals surface area contributed by atoms with Crippen LogP contribution in [0.3, 0.4) is 0 Å². The van der Waals surface area contributed by atoms with E-state index in [0.29, 0.717) is 18.5 Å². The molecule has 3 nitrogen and oxygen atoms in total. The predicted molar refractivity (Wildman–Crippen MR) is 53.1 cm³/mol. The topological polar surface area (TPSA) is 43.4 Å². The molecule has 76 valence electrons. The van der Waals surface area contributed by atoms with Gasteiger partial charge in [-0.15, -0.1) is 0 Å². The summed E-state index contributed by atoms with van der Waals surface area (Å²) in [6.45, 7) is 7.16. The molecule has 0 unspecified atom stereocenters. The molecule has 0 saturated heterocycles. The van der Waals surface area contributed by atoms with Gasteiger partial charge in [0.05, 0.1) is 5.41 Å². The van der Waals surface area contributed by atoms with Crippen molar-refractivity contribution in [2.45, 2.75) is 40.5 Å². The Labute approximate surface area is 83.4 Å². The van der Waals surface area contributed by atoms with Crippen LogP contribution in [0.5, 0.6) is 0 Å². The third-order valence-corrected chi connectivity index (χ3v) is 1.90. The summed E-state index contributed by atoms with van der Waals surface area (Å²) < 4.78 is 4.75. The lowest BCUT2D eigenvalue weighted by Crippen LogP contribution is -2.21. The van der Waals surface area contributed by atoms with Gasteiger partial charge in [0, 0.05) is 6.42 Å². The van der Waals surface area contributed by atoms with Crippen molar-refractivity contribution in [2.24, 2.45) is 5.41 Å². The fourth-order valence-electron chi connectivity index (χ4n) is 0.455.